The van der Waals surface area contributed by atoms with Crippen LogP contribution in [0.1, 0.15) is 75.1 Å². The van der Waals surface area contributed by atoms with E-state index in [1.165, 1.54) is 10.4 Å². The van der Waals surface area contributed by atoms with Gasteiger partial charge in [0.1, 0.15) is 5.56 Å². The number of nitrogens with one attached hydrogen (secondary N) is 1. The zero-order chi connectivity index (χ0) is 23.8. The van der Waals surface area contributed by atoms with Crippen LogP contribution in [0.5, 0.6) is 0 Å². The Bertz CT molecular complexity index is 1200. The number of rotatable bonds is 5. The number of fused-ring (bicyclic) bond motifs is 1. The zero-order valence-electron chi connectivity index (χ0n) is 19.8. The molecule has 2 aromatic rings. The van der Waals surface area contributed by atoms with E-state index in [1.54, 1.807) is 37.0 Å². The Labute approximate surface area is 196 Å². The van der Waals surface area contributed by atoms with Gasteiger partial charge in [0, 0.05) is 37.8 Å². The van der Waals surface area contributed by atoms with Gasteiger partial charge in [0.05, 0.1) is 10.4 Å². The van der Waals surface area contributed by atoms with Crippen molar-refractivity contribution in [1.29, 1.82) is 0 Å². The van der Waals surface area contributed by atoms with Gasteiger partial charge >= 0.3 is 0 Å². The van der Waals surface area contributed by atoms with Crippen molar-refractivity contribution in [3.63, 3.8) is 0 Å². The van der Waals surface area contributed by atoms with E-state index >= 15 is 0 Å². The predicted molar refractivity (Wildman–Crippen MR) is 130 cm³/mol. The third kappa shape index (κ3) is 4.73. The molecule has 0 bridgehead atoms. The standard InChI is InChI=1S/C25H35N3O4S/c1-17-9-7-8-12-22(17)26-25(30)21-16-27(2)23-14-13-19(15-20(23)24(21)29)33(31,32)28(3)18-10-5-4-6-11-18/h13-18,22H,4-12H2,1-3H3,(H,26,30). The quantitative estimate of drug-likeness (QED) is 0.715. The van der Waals surface area contributed by atoms with Crippen LogP contribution in [0.25, 0.3) is 10.9 Å². The fourth-order valence-electron chi connectivity index (χ4n) is 5.38. The third-order valence-electron chi connectivity index (χ3n) is 7.60. The summed E-state index contributed by atoms with van der Waals surface area (Å²) in [6, 6.07) is 4.69. The van der Waals surface area contributed by atoms with Crippen LogP contribution in [0.15, 0.2) is 34.1 Å². The summed E-state index contributed by atoms with van der Waals surface area (Å²) in [6.07, 6.45) is 10.7. The van der Waals surface area contributed by atoms with E-state index in [9.17, 15) is 18.0 Å². The van der Waals surface area contributed by atoms with Crippen molar-refractivity contribution < 1.29 is 13.2 Å². The van der Waals surface area contributed by atoms with Gasteiger partial charge < -0.3 is 9.88 Å². The van der Waals surface area contributed by atoms with E-state index in [2.05, 4.69) is 12.2 Å². The van der Waals surface area contributed by atoms with E-state index in [-0.39, 0.29) is 33.8 Å². The highest BCUT2D eigenvalue weighted by atomic mass is 32.2. The van der Waals surface area contributed by atoms with Crippen molar-refractivity contribution in [3.05, 3.63) is 40.2 Å². The maximum atomic E-state index is 13.3. The maximum Gasteiger partial charge on any atom is 0.256 e. The van der Waals surface area contributed by atoms with Gasteiger partial charge in [0.15, 0.2) is 0 Å². The highest BCUT2D eigenvalue weighted by Crippen LogP contribution is 2.28. The second-order valence-electron chi connectivity index (χ2n) is 9.82. The summed E-state index contributed by atoms with van der Waals surface area (Å²) in [6.45, 7) is 2.13. The van der Waals surface area contributed by atoms with E-state index in [1.807, 2.05) is 0 Å². The molecule has 0 radical (unpaired) electrons. The number of carbonyl (C=O) groups excluding carboxylic acids is 1. The molecule has 4 rings (SSSR count). The predicted octanol–water partition coefficient (Wildman–Crippen LogP) is 3.80. The largest absolute Gasteiger partial charge is 0.350 e. The Hall–Kier alpha value is -2.19. The smallest absolute Gasteiger partial charge is 0.256 e. The fraction of sp³-hybridized carbons (Fsp3) is 0.600. The van der Waals surface area contributed by atoms with Gasteiger partial charge in [0.25, 0.3) is 5.91 Å². The van der Waals surface area contributed by atoms with E-state index in [0.717, 1.165) is 57.8 Å². The molecule has 1 N–H and O–H groups in total. The summed E-state index contributed by atoms with van der Waals surface area (Å²) in [5, 5.41) is 3.29. The minimum absolute atomic E-state index is 0.0168. The molecule has 2 fully saturated rings. The topological polar surface area (TPSA) is 88.5 Å². The highest BCUT2D eigenvalue weighted by Gasteiger charge is 2.30. The molecular formula is C25H35N3O4S. The molecule has 0 saturated heterocycles. The molecule has 2 aliphatic rings. The van der Waals surface area contributed by atoms with E-state index < -0.39 is 15.5 Å². The van der Waals surface area contributed by atoms with Crippen molar-refractivity contribution >= 4 is 26.8 Å². The Kier molecular flexibility index (Phi) is 6.96. The average Bonchev–Trinajstić information content (AvgIpc) is 2.82. The number of aromatic nitrogens is 1. The molecule has 7 nitrogen and oxygen atoms in total. The van der Waals surface area contributed by atoms with Crippen LogP contribution in [-0.4, -0.2) is 42.3 Å². The number of nitrogens with zero attached hydrogens (tertiary/aromatic N) is 2. The van der Waals surface area contributed by atoms with Crippen LogP contribution < -0.4 is 10.7 Å². The minimum atomic E-state index is -3.74. The first-order valence-corrected chi connectivity index (χ1v) is 13.6. The molecule has 2 unspecified atom stereocenters. The first-order chi connectivity index (χ1) is 15.7. The Morgan fingerprint density at radius 1 is 1.06 bits per heavy atom. The second kappa shape index (κ2) is 9.58. The van der Waals surface area contributed by atoms with Gasteiger partial charge in [-0.25, -0.2) is 8.42 Å². The Morgan fingerprint density at radius 2 is 1.73 bits per heavy atom. The minimum Gasteiger partial charge on any atom is -0.350 e. The van der Waals surface area contributed by atoms with Crippen molar-refractivity contribution in [3.8, 4) is 0 Å². The highest BCUT2D eigenvalue weighted by molar-refractivity contribution is 7.89. The van der Waals surface area contributed by atoms with Crippen LogP contribution in [0.3, 0.4) is 0 Å². The van der Waals surface area contributed by atoms with Crippen LogP contribution in [0, 0.1) is 5.92 Å². The van der Waals surface area contributed by atoms with Crippen molar-refractivity contribution in [2.45, 2.75) is 81.7 Å². The van der Waals surface area contributed by atoms with Gasteiger partial charge in [-0.3, -0.25) is 9.59 Å². The number of amides is 1. The Morgan fingerprint density at radius 3 is 2.42 bits per heavy atom. The average molecular weight is 474 g/mol. The van der Waals surface area contributed by atoms with Crippen molar-refractivity contribution in [2.24, 2.45) is 13.0 Å². The molecular weight excluding hydrogens is 438 g/mol. The van der Waals surface area contributed by atoms with Crippen LogP contribution in [-0.2, 0) is 17.1 Å². The van der Waals surface area contributed by atoms with Crippen LogP contribution >= 0.6 is 0 Å². The lowest BCUT2D eigenvalue weighted by Crippen LogP contribution is -2.42. The first kappa shape index (κ1) is 24.0. The van der Waals surface area contributed by atoms with Gasteiger partial charge in [0.2, 0.25) is 15.5 Å². The number of pyridine rings is 1. The molecule has 2 atom stereocenters. The number of carbonyl (C=O) groups is 1. The molecule has 1 aromatic heterocycles. The number of hydrogen-bond acceptors (Lipinski definition) is 4. The summed E-state index contributed by atoms with van der Waals surface area (Å²) in [5.74, 6) is -0.0112. The Balaban J connectivity index is 1.69. The molecule has 0 aliphatic heterocycles. The van der Waals surface area contributed by atoms with Gasteiger partial charge in [-0.2, -0.15) is 4.31 Å². The van der Waals surface area contributed by atoms with Crippen molar-refractivity contribution in [1.82, 2.24) is 14.2 Å². The van der Waals surface area contributed by atoms with E-state index in [0.29, 0.717) is 11.4 Å². The fourth-order valence-corrected chi connectivity index (χ4v) is 6.82. The first-order valence-electron chi connectivity index (χ1n) is 12.1. The second-order valence-corrected chi connectivity index (χ2v) is 11.8. The SMILES string of the molecule is CC1CCCCC1NC(=O)c1cn(C)c2ccc(S(=O)(=O)N(C)C3CCCCC3)cc2c1=O. The third-order valence-corrected chi connectivity index (χ3v) is 9.50. The lowest BCUT2D eigenvalue weighted by Gasteiger charge is -2.30. The lowest BCUT2D eigenvalue weighted by atomic mass is 9.86. The molecule has 2 aliphatic carbocycles. The number of aryl methyl sites for hydroxylation is 1. The summed E-state index contributed by atoms with van der Waals surface area (Å²) in [4.78, 5) is 26.4. The van der Waals surface area contributed by atoms with Gasteiger partial charge in [-0.1, -0.05) is 39.0 Å². The van der Waals surface area contributed by atoms with Crippen molar-refractivity contribution in [2.75, 3.05) is 7.05 Å². The summed E-state index contributed by atoms with van der Waals surface area (Å²) in [7, 11) is -0.342. The van der Waals surface area contributed by atoms with Crippen LogP contribution in [0.2, 0.25) is 0 Å². The molecule has 1 aromatic carbocycles. The summed E-state index contributed by atoms with van der Waals surface area (Å²) in [5.41, 5.74) is 0.223. The lowest BCUT2D eigenvalue weighted by molar-refractivity contribution is 0.0908. The molecule has 180 valence electrons. The monoisotopic (exact) mass is 473 g/mol. The molecule has 1 heterocycles. The van der Waals surface area contributed by atoms with Gasteiger partial charge in [-0.15, -0.1) is 0 Å². The number of benzene rings is 1. The molecule has 0 spiro atoms. The van der Waals surface area contributed by atoms with Crippen LogP contribution in [0.4, 0.5) is 0 Å². The number of sulfonamides is 1. The maximum absolute atomic E-state index is 13.3. The molecule has 8 heteroatoms. The molecule has 33 heavy (non-hydrogen) atoms. The molecule has 1 amide bonds. The molecule has 2 saturated carbocycles. The normalized spacial score (nSPS) is 22.5. The van der Waals surface area contributed by atoms with Gasteiger partial charge in [-0.05, 0) is 49.8 Å². The zero-order valence-corrected chi connectivity index (χ0v) is 20.7. The summed E-state index contributed by atoms with van der Waals surface area (Å²) >= 11 is 0. The number of hydrogen-bond donors (Lipinski definition) is 1. The van der Waals surface area contributed by atoms with E-state index in [4.69, 9.17) is 0 Å². The summed E-state index contributed by atoms with van der Waals surface area (Å²) < 4.78 is 29.8.